The first-order chi connectivity index (χ1) is 13.0. The summed E-state index contributed by atoms with van der Waals surface area (Å²) in [7, 11) is 0. The minimum Gasteiger partial charge on any atom is -0.378 e. The number of hydrogen-bond donors (Lipinski definition) is 2. The summed E-state index contributed by atoms with van der Waals surface area (Å²) in [6.45, 7) is 9.68. The molecular formula is C18H26N6O3. The fourth-order valence-electron chi connectivity index (χ4n) is 2.97. The van der Waals surface area contributed by atoms with Gasteiger partial charge in [0.2, 0.25) is 5.91 Å². The highest BCUT2D eigenvalue weighted by atomic mass is 16.5. The van der Waals surface area contributed by atoms with Gasteiger partial charge in [0.1, 0.15) is 23.2 Å². The monoisotopic (exact) mass is 374 g/mol. The number of aromatic nitrogens is 3. The van der Waals surface area contributed by atoms with Crippen molar-refractivity contribution in [3.63, 3.8) is 0 Å². The molecule has 1 fully saturated rings. The average Bonchev–Trinajstić information content (AvgIpc) is 2.97. The van der Waals surface area contributed by atoms with E-state index in [1.165, 1.54) is 0 Å². The lowest BCUT2D eigenvalue weighted by Crippen LogP contribution is -2.37. The molecule has 9 nitrogen and oxygen atoms in total. The van der Waals surface area contributed by atoms with E-state index in [-0.39, 0.29) is 12.3 Å². The van der Waals surface area contributed by atoms with Crippen molar-refractivity contribution in [1.82, 2.24) is 20.4 Å². The van der Waals surface area contributed by atoms with Gasteiger partial charge >= 0.3 is 0 Å². The molecule has 1 aliphatic heterocycles. The van der Waals surface area contributed by atoms with Crippen molar-refractivity contribution in [2.75, 3.05) is 49.6 Å². The maximum atomic E-state index is 12.1. The molecule has 0 aliphatic carbocycles. The van der Waals surface area contributed by atoms with E-state index in [2.05, 4.69) is 30.7 Å². The second-order valence-electron chi connectivity index (χ2n) is 6.51. The molecule has 27 heavy (non-hydrogen) atoms. The fourth-order valence-corrected chi connectivity index (χ4v) is 2.97. The van der Waals surface area contributed by atoms with Gasteiger partial charge in [0.05, 0.1) is 25.3 Å². The number of nitrogens with one attached hydrogen (secondary N) is 2. The Morgan fingerprint density at radius 2 is 1.96 bits per heavy atom. The average molecular weight is 374 g/mol. The number of ether oxygens (including phenoxy) is 1. The molecule has 3 rings (SSSR count). The highest BCUT2D eigenvalue weighted by Gasteiger charge is 2.15. The first-order valence-corrected chi connectivity index (χ1v) is 9.13. The number of rotatable bonds is 7. The van der Waals surface area contributed by atoms with Gasteiger partial charge in [-0.1, -0.05) is 5.16 Å². The topological polar surface area (TPSA) is 105 Å². The van der Waals surface area contributed by atoms with Crippen LogP contribution in [0.15, 0.2) is 10.6 Å². The standard InChI is InChI=1S/C18H26N6O3/c1-12-15(13(2)27-23-12)10-18(25)20-5-4-19-16-11-17(22-14(3)21-16)24-6-8-26-9-7-24/h11H,4-10H2,1-3H3,(H,20,25)(H,19,21,22). The quantitative estimate of drug-likeness (QED) is 0.692. The zero-order chi connectivity index (χ0) is 19.2. The number of aryl methyl sites for hydroxylation is 3. The fraction of sp³-hybridized carbons (Fsp3) is 0.556. The third-order valence-corrected chi connectivity index (χ3v) is 4.43. The number of carbonyl (C=O) groups excluding carboxylic acids is 1. The number of nitrogens with zero attached hydrogens (tertiary/aromatic N) is 4. The van der Waals surface area contributed by atoms with Crippen LogP contribution in [0.1, 0.15) is 22.8 Å². The van der Waals surface area contributed by atoms with Crippen LogP contribution in [0.3, 0.4) is 0 Å². The summed E-state index contributed by atoms with van der Waals surface area (Å²) in [4.78, 5) is 23.2. The van der Waals surface area contributed by atoms with E-state index in [1.807, 2.05) is 26.8 Å². The Morgan fingerprint density at radius 3 is 2.67 bits per heavy atom. The second kappa shape index (κ2) is 8.81. The molecule has 2 aromatic heterocycles. The van der Waals surface area contributed by atoms with Crippen LogP contribution in [0.4, 0.5) is 11.6 Å². The first kappa shape index (κ1) is 19.1. The van der Waals surface area contributed by atoms with Gasteiger partial charge in [-0.2, -0.15) is 0 Å². The van der Waals surface area contributed by atoms with Crippen molar-refractivity contribution < 1.29 is 14.1 Å². The van der Waals surface area contributed by atoms with E-state index < -0.39 is 0 Å². The number of carbonyl (C=O) groups is 1. The lowest BCUT2D eigenvalue weighted by Gasteiger charge is -2.28. The van der Waals surface area contributed by atoms with Crippen LogP contribution in [0.25, 0.3) is 0 Å². The summed E-state index contributed by atoms with van der Waals surface area (Å²) >= 11 is 0. The van der Waals surface area contributed by atoms with Crippen molar-refractivity contribution >= 4 is 17.5 Å². The Labute approximate surface area is 158 Å². The Bertz CT molecular complexity index is 766. The lowest BCUT2D eigenvalue weighted by molar-refractivity contribution is -0.120. The number of morpholine rings is 1. The van der Waals surface area contributed by atoms with Crippen LogP contribution < -0.4 is 15.5 Å². The first-order valence-electron chi connectivity index (χ1n) is 9.13. The highest BCUT2D eigenvalue weighted by molar-refractivity contribution is 5.79. The zero-order valence-electron chi connectivity index (χ0n) is 16.0. The van der Waals surface area contributed by atoms with Crippen molar-refractivity contribution in [2.45, 2.75) is 27.2 Å². The van der Waals surface area contributed by atoms with E-state index in [0.29, 0.717) is 37.9 Å². The van der Waals surface area contributed by atoms with E-state index in [9.17, 15) is 4.79 Å². The van der Waals surface area contributed by atoms with Crippen molar-refractivity contribution in [3.8, 4) is 0 Å². The molecule has 2 aromatic rings. The maximum Gasteiger partial charge on any atom is 0.224 e. The number of hydrogen-bond acceptors (Lipinski definition) is 8. The normalized spacial score (nSPS) is 14.3. The molecule has 0 saturated carbocycles. The SMILES string of the molecule is Cc1nc(NCCNC(=O)Cc2c(C)noc2C)cc(N2CCOCC2)n1. The van der Waals surface area contributed by atoms with E-state index in [4.69, 9.17) is 9.26 Å². The van der Waals surface area contributed by atoms with E-state index in [0.717, 1.165) is 36.0 Å². The lowest BCUT2D eigenvalue weighted by atomic mass is 10.1. The molecule has 3 heterocycles. The summed E-state index contributed by atoms with van der Waals surface area (Å²) in [5.41, 5.74) is 1.61. The van der Waals surface area contributed by atoms with Crippen LogP contribution in [-0.4, -0.2) is 60.4 Å². The molecule has 0 spiro atoms. The molecule has 0 aromatic carbocycles. The molecule has 1 saturated heterocycles. The van der Waals surface area contributed by atoms with Crippen LogP contribution in [-0.2, 0) is 16.0 Å². The van der Waals surface area contributed by atoms with E-state index in [1.54, 1.807) is 0 Å². The molecule has 9 heteroatoms. The van der Waals surface area contributed by atoms with Crippen LogP contribution in [0.2, 0.25) is 0 Å². The minimum absolute atomic E-state index is 0.0564. The smallest absolute Gasteiger partial charge is 0.224 e. The molecule has 146 valence electrons. The summed E-state index contributed by atoms with van der Waals surface area (Å²) < 4.78 is 10.5. The van der Waals surface area contributed by atoms with Crippen LogP contribution >= 0.6 is 0 Å². The number of anilines is 2. The zero-order valence-corrected chi connectivity index (χ0v) is 16.0. The van der Waals surface area contributed by atoms with Gasteiger partial charge in [0, 0.05) is 37.8 Å². The molecule has 1 aliphatic rings. The van der Waals surface area contributed by atoms with Gasteiger partial charge < -0.3 is 24.8 Å². The Hall–Kier alpha value is -2.68. The third kappa shape index (κ3) is 5.16. The van der Waals surface area contributed by atoms with Gasteiger partial charge in [0.25, 0.3) is 0 Å². The Morgan fingerprint density at radius 1 is 1.19 bits per heavy atom. The van der Waals surface area contributed by atoms with Gasteiger partial charge in [-0.3, -0.25) is 4.79 Å². The summed E-state index contributed by atoms with van der Waals surface area (Å²) in [5, 5.41) is 10.0. The predicted molar refractivity (Wildman–Crippen MR) is 101 cm³/mol. The van der Waals surface area contributed by atoms with Gasteiger partial charge in [-0.05, 0) is 20.8 Å². The molecule has 0 bridgehead atoms. The van der Waals surface area contributed by atoms with Crippen LogP contribution in [0.5, 0.6) is 0 Å². The molecule has 0 radical (unpaired) electrons. The van der Waals surface area contributed by atoms with Gasteiger partial charge in [-0.15, -0.1) is 0 Å². The second-order valence-corrected chi connectivity index (χ2v) is 6.51. The van der Waals surface area contributed by atoms with Crippen molar-refractivity contribution in [2.24, 2.45) is 0 Å². The molecular weight excluding hydrogens is 348 g/mol. The van der Waals surface area contributed by atoms with Gasteiger partial charge in [0.15, 0.2) is 0 Å². The summed E-state index contributed by atoms with van der Waals surface area (Å²) in [6, 6.07) is 1.93. The van der Waals surface area contributed by atoms with Gasteiger partial charge in [-0.25, -0.2) is 9.97 Å². The molecule has 0 atom stereocenters. The van der Waals surface area contributed by atoms with Crippen molar-refractivity contribution in [1.29, 1.82) is 0 Å². The Balaban J connectivity index is 1.47. The minimum atomic E-state index is -0.0564. The largest absolute Gasteiger partial charge is 0.378 e. The molecule has 2 N–H and O–H groups in total. The van der Waals surface area contributed by atoms with Crippen molar-refractivity contribution in [3.05, 3.63) is 28.9 Å². The molecule has 1 amide bonds. The predicted octanol–water partition coefficient (Wildman–Crippen LogP) is 0.997. The molecule has 0 unspecified atom stereocenters. The third-order valence-electron chi connectivity index (χ3n) is 4.43. The Kier molecular flexibility index (Phi) is 6.23. The number of amides is 1. The van der Waals surface area contributed by atoms with Crippen LogP contribution in [0, 0.1) is 20.8 Å². The summed E-state index contributed by atoms with van der Waals surface area (Å²) in [6.07, 6.45) is 0.273. The van der Waals surface area contributed by atoms with E-state index >= 15 is 0 Å². The highest BCUT2D eigenvalue weighted by Crippen LogP contribution is 2.17. The maximum absolute atomic E-state index is 12.1. The summed E-state index contributed by atoms with van der Waals surface area (Å²) in [5.74, 6) is 3.00.